The van der Waals surface area contributed by atoms with Gasteiger partial charge in [0.1, 0.15) is 6.54 Å². The summed E-state index contributed by atoms with van der Waals surface area (Å²) in [4.78, 5) is 20.9. The normalized spacial score (nSPS) is 10.5. The summed E-state index contributed by atoms with van der Waals surface area (Å²) in [6, 6.07) is 5.76. The Kier molecular flexibility index (Phi) is 8.84. The number of nitrogens with zero attached hydrogens (tertiary/aromatic N) is 3. The first-order chi connectivity index (χ1) is 8.59. The van der Waals surface area contributed by atoms with Crippen molar-refractivity contribution in [1.82, 2.24) is 15.2 Å². The molecule has 0 aliphatic heterocycles. The number of nitrogens with one attached hydrogen (secondary N) is 1. The van der Waals surface area contributed by atoms with Gasteiger partial charge < -0.3 is 16.0 Å². The lowest BCUT2D eigenvalue weighted by molar-refractivity contribution is -0.127. The Morgan fingerprint density at radius 1 is 1.47 bits per heavy atom. The monoisotopic (exact) mass is 377 g/mol. The molecule has 0 atom stereocenters. The van der Waals surface area contributed by atoms with Crippen molar-refractivity contribution in [1.29, 1.82) is 0 Å². The third-order valence-corrected chi connectivity index (χ3v) is 2.30. The minimum absolute atomic E-state index is 0. The minimum atomic E-state index is -0.0792. The summed E-state index contributed by atoms with van der Waals surface area (Å²) in [6.45, 7) is 0.706. The Bertz CT molecular complexity index is 408. The fraction of sp³-hybridized carbons (Fsp3) is 0.417. The number of pyridine rings is 1. The molecule has 1 aromatic heterocycles. The summed E-state index contributed by atoms with van der Waals surface area (Å²) in [7, 11) is 3.37. The van der Waals surface area contributed by atoms with Crippen LogP contribution in [0, 0.1) is 0 Å². The van der Waals surface area contributed by atoms with Crippen LogP contribution < -0.4 is 11.1 Å². The van der Waals surface area contributed by atoms with Gasteiger partial charge in [0.05, 0.1) is 0 Å². The van der Waals surface area contributed by atoms with E-state index in [-0.39, 0.29) is 42.4 Å². The highest BCUT2D eigenvalue weighted by molar-refractivity contribution is 14.0. The fourth-order valence-corrected chi connectivity index (χ4v) is 1.21. The van der Waals surface area contributed by atoms with E-state index in [1.54, 1.807) is 20.3 Å². The van der Waals surface area contributed by atoms with Crippen molar-refractivity contribution in [3.8, 4) is 0 Å². The van der Waals surface area contributed by atoms with E-state index in [1.807, 2.05) is 18.2 Å². The summed E-state index contributed by atoms with van der Waals surface area (Å²) >= 11 is 0. The molecule has 1 rings (SSSR count). The van der Waals surface area contributed by atoms with Crippen molar-refractivity contribution >= 4 is 35.8 Å². The lowest BCUT2D eigenvalue weighted by atomic mass is 10.3. The molecular formula is C12H20IN5O. The molecule has 3 N–H and O–H groups in total. The molecule has 0 unspecified atom stereocenters. The number of amides is 1. The lowest BCUT2D eigenvalue weighted by Gasteiger charge is -2.08. The van der Waals surface area contributed by atoms with Crippen LogP contribution in [0.25, 0.3) is 0 Å². The van der Waals surface area contributed by atoms with E-state index >= 15 is 0 Å². The zero-order chi connectivity index (χ0) is 13.4. The molecule has 6 nitrogen and oxygen atoms in total. The van der Waals surface area contributed by atoms with Gasteiger partial charge >= 0.3 is 0 Å². The van der Waals surface area contributed by atoms with Gasteiger partial charge in [0.15, 0.2) is 5.96 Å². The molecular weight excluding hydrogens is 357 g/mol. The van der Waals surface area contributed by atoms with Crippen LogP contribution in [-0.2, 0) is 11.2 Å². The minimum Gasteiger partial charge on any atom is -0.370 e. The summed E-state index contributed by atoms with van der Waals surface area (Å²) in [5.41, 5.74) is 6.62. The van der Waals surface area contributed by atoms with Crippen molar-refractivity contribution in [2.45, 2.75) is 6.42 Å². The number of hydrogen-bond acceptors (Lipinski definition) is 3. The standard InChI is InChI=1S/C12H19N5O.HI/c1-17(2)11(18)9-16-12(13)15-8-6-10-5-3-4-7-14-10;/h3-5,7H,6,8-9H2,1-2H3,(H3,13,15,16);1H. The zero-order valence-electron chi connectivity index (χ0n) is 11.2. The summed E-state index contributed by atoms with van der Waals surface area (Å²) < 4.78 is 0. The Balaban J connectivity index is 0.00000324. The van der Waals surface area contributed by atoms with Crippen LogP contribution in [-0.4, -0.2) is 48.9 Å². The maximum atomic E-state index is 11.3. The van der Waals surface area contributed by atoms with Gasteiger partial charge in [0.25, 0.3) is 0 Å². The zero-order valence-corrected chi connectivity index (χ0v) is 13.5. The molecule has 1 heterocycles. The Labute approximate surface area is 130 Å². The largest absolute Gasteiger partial charge is 0.370 e. The van der Waals surface area contributed by atoms with Crippen molar-refractivity contribution < 1.29 is 4.79 Å². The number of guanidine groups is 1. The van der Waals surface area contributed by atoms with Crippen LogP contribution in [0.15, 0.2) is 29.4 Å². The third-order valence-electron chi connectivity index (χ3n) is 2.30. The topological polar surface area (TPSA) is 83.6 Å². The second kappa shape index (κ2) is 9.54. The van der Waals surface area contributed by atoms with Gasteiger partial charge in [-0.25, -0.2) is 4.99 Å². The molecule has 0 saturated carbocycles. The molecule has 1 aromatic rings. The number of aliphatic imine (C=N–C) groups is 1. The molecule has 106 valence electrons. The summed E-state index contributed by atoms with van der Waals surface area (Å²) in [5.74, 6) is 0.200. The summed E-state index contributed by atoms with van der Waals surface area (Å²) in [6.07, 6.45) is 2.52. The van der Waals surface area contributed by atoms with Crippen LogP contribution in [0.3, 0.4) is 0 Å². The van der Waals surface area contributed by atoms with E-state index in [2.05, 4.69) is 15.3 Å². The number of nitrogens with two attached hydrogens (primary N) is 1. The van der Waals surface area contributed by atoms with Crippen molar-refractivity contribution in [3.63, 3.8) is 0 Å². The second-order valence-electron chi connectivity index (χ2n) is 3.99. The molecule has 0 spiro atoms. The van der Waals surface area contributed by atoms with Crippen LogP contribution >= 0.6 is 24.0 Å². The van der Waals surface area contributed by atoms with Gasteiger partial charge in [-0.15, -0.1) is 24.0 Å². The Morgan fingerprint density at radius 2 is 2.21 bits per heavy atom. The Hall–Kier alpha value is -1.38. The van der Waals surface area contributed by atoms with Crippen LogP contribution in [0.5, 0.6) is 0 Å². The molecule has 0 fully saturated rings. The van der Waals surface area contributed by atoms with E-state index in [1.165, 1.54) is 4.90 Å². The Morgan fingerprint density at radius 3 is 2.79 bits per heavy atom. The van der Waals surface area contributed by atoms with Gasteiger partial charge in [-0.1, -0.05) is 6.07 Å². The number of halogens is 1. The maximum Gasteiger partial charge on any atom is 0.243 e. The van der Waals surface area contributed by atoms with E-state index < -0.39 is 0 Å². The molecule has 1 amide bonds. The highest BCUT2D eigenvalue weighted by Crippen LogP contribution is 1.92. The van der Waals surface area contributed by atoms with Gasteiger partial charge in [-0.3, -0.25) is 9.78 Å². The van der Waals surface area contributed by atoms with Crippen LogP contribution in [0.4, 0.5) is 0 Å². The molecule has 7 heteroatoms. The van der Waals surface area contributed by atoms with Gasteiger partial charge in [0, 0.05) is 39.0 Å². The van der Waals surface area contributed by atoms with Crippen LogP contribution in [0.1, 0.15) is 5.69 Å². The number of likely N-dealkylation sites (N-methyl/N-ethyl adjacent to an activating group) is 1. The average Bonchev–Trinajstić information content (AvgIpc) is 2.37. The lowest BCUT2D eigenvalue weighted by Crippen LogP contribution is -2.35. The predicted octanol–water partition coefficient (Wildman–Crippen LogP) is 0.235. The fourth-order valence-electron chi connectivity index (χ4n) is 1.21. The van der Waals surface area contributed by atoms with Gasteiger partial charge in [-0.05, 0) is 12.1 Å². The average molecular weight is 377 g/mol. The number of hydrogen-bond donors (Lipinski definition) is 2. The second-order valence-corrected chi connectivity index (χ2v) is 3.99. The smallest absolute Gasteiger partial charge is 0.243 e. The van der Waals surface area contributed by atoms with Gasteiger partial charge in [-0.2, -0.15) is 0 Å². The number of carbonyl (C=O) groups excluding carboxylic acids is 1. The molecule has 0 aliphatic carbocycles. The quantitative estimate of drug-likeness (QED) is 0.437. The van der Waals surface area contributed by atoms with E-state index in [4.69, 9.17) is 5.73 Å². The third kappa shape index (κ3) is 7.60. The van der Waals surface area contributed by atoms with E-state index in [9.17, 15) is 4.79 Å². The highest BCUT2D eigenvalue weighted by Gasteiger charge is 2.02. The maximum absolute atomic E-state index is 11.3. The molecule has 19 heavy (non-hydrogen) atoms. The SMILES string of the molecule is CN(C)C(=O)CN=C(N)NCCc1ccccn1.I. The first-order valence-electron chi connectivity index (χ1n) is 5.73. The van der Waals surface area contributed by atoms with E-state index in [0.717, 1.165) is 12.1 Å². The number of carbonyl (C=O) groups is 1. The molecule has 0 saturated heterocycles. The molecule has 0 aromatic carbocycles. The first-order valence-corrected chi connectivity index (χ1v) is 5.73. The molecule has 0 bridgehead atoms. The van der Waals surface area contributed by atoms with Crippen molar-refractivity contribution in [3.05, 3.63) is 30.1 Å². The van der Waals surface area contributed by atoms with Crippen LogP contribution in [0.2, 0.25) is 0 Å². The number of aromatic nitrogens is 1. The predicted molar refractivity (Wildman–Crippen MR) is 86.5 cm³/mol. The molecule has 0 radical (unpaired) electrons. The van der Waals surface area contributed by atoms with E-state index in [0.29, 0.717) is 6.54 Å². The number of rotatable bonds is 5. The van der Waals surface area contributed by atoms with Crippen molar-refractivity contribution in [2.75, 3.05) is 27.2 Å². The first kappa shape index (κ1) is 17.6. The van der Waals surface area contributed by atoms with Gasteiger partial charge in [0.2, 0.25) is 5.91 Å². The highest BCUT2D eigenvalue weighted by atomic mass is 127. The molecule has 0 aliphatic rings. The summed E-state index contributed by atoms with van der Waals surface area (Å²) in [5, 5.41) is 2.94. The van der Waals surface area contributed by atoms with Crippen molar-refractivity contribution in [2.24, 2.45) is 10.7 Å².